The minimum atomic E-state index is -3.48. The van der Waals surface area contributed by atoms with Crippen LogP contribution < -0.4 is 10.0 Å². The lowest BCUT2D eigenvalue weighted by molar-refractivity contribution is 0.268. The Bertz CT molecular complexity index is 521. The maximum atomic E-state index is 12.2. The fourth-order valence-corrected chi connectivity index (χ4v) is 4.25. The average Bonchev–Trinajstić information content (AvgIpc) is 3.14. The molecule has 7 nitrogen and oxygen atoms in total. The summed E-state index contributed by atoms with van der Waals surface area (Å²) >= 11 is 1.18. The summed E-state index contributed by atoms with van der Waals surface area (Å²) in [5.74, 6) is 0.587. The first-order valence-electron chi connectivity index (χ1n) is 6.91. The van der Waals surface area contributed by atoms with E-state index in [1.54, 1.807) is 0 Å². The molecule has 0 bridgehead atoms. The average molecular weight is 317 g/mol. The number of anilines is 1. The summed E-state index contributed by atoms with van der Waals surface area (Å²) in [6.07, 6.45) is 4.41. The fraction of sp³-hybridized carbons (Fsp3) is 0.818. The molecule has 1 saturated heterocycles. The van der Waals surface area contributed by atoms with E-state index in [-0.39, 0.29) is 0 Å². The van der Waals surface area contributed by atoms with Crippen molar-refractivity contribution in [3.8, 4) is 0 Å². The Morgan fingerprint density at radius 3 is 2.65 bits per heavy atom. The molecule has 2 N–H and O–H groups in total. The summed E-state index contributed by atoms with van der Waals surface area (Å²) in [6.45, 7) is 2.17. The quantitative estimate of drug-likeness (QED) is 0.805. The molecule has 9 heteroatoms. The van der Waals surface area contributed by atoms with Gasteiger partial charge >= 0.3 is 10.2 Å². The van der Waals surface area contributed by atoms with E-state index in [2.05, 4.69) is 20.2 Å². The second-order valence-corrected chi connectivity index (χ2v) is 7.88. The number of nitrogens with one attached hydrogen (secondary N) is 2. The Kier molecular flexibility index (Phi) is 4.20. The number of nitrogens with zero attached hydrogens (tertiary/aromatic N) is 3. The third kappa shape index (κ3) is 3.66. The summed E-state index contributed by atoms with van der Waals surface area (Å²) in [6, 6.07) is 0.718. The molecular formula is C11H19N5O2S2. The van der Waals surface area contributed by atoms with Crippen LogP contribution in [0, 0.1) is 5.92 Å². The zero-order chi connectivity index (χ0) is 14.0. The highest BCUT2D eigenvalue weighted by Gasteiger charge is 2.29. The van der Waals surface area contributed by atoms with Gasteiger partial charge in [0.25, 0.3) is 0 Å². The summed E-state index contributed by atoms with van der Waals surface area (Å²) < 4.78 is 28.3. The highest BCUT2D eigenvalue weighted by molar-refractivity contribution is 7.90. The van der Waals surface area contributed by atoms with Gasteiger partial charge in [-0.2, -0.15) is 12.7 Å². The maximum absolute atomic E-state index is 12.2. The number of rotatable bonds is 6. The molecule has 1 aromatic rings. The van der Waals surface area contributed by atoms with Crippen LogP contribution in [0.5, 0.6) is 0 Å². The van der Waals surface area contributed by atoms with E-state index >= 15 is 0 Å². The molecule has 1 aromatic heterocycles. The van der Waals surface area contributed by atoms with E-state index in [1.807, 2.05) is 0 Å². The van der Waals surface area contributed by atoms with Gasteiger partial charge in [-0.25, -0.2) is 4.72 Å². The van der Waals surface area contributed by atoms with Gasteiger partial charge in [0.15, 0.2) is 0 Å². The van der Waals surface area contributed by atoms with Gasteiger partial charge in [0.05, 0.1) is 0 Å². The van der Waals surface area contributed by atoms with E-state index in [9.17, 15) is 8.42 Å². The molecule has 2 heterocycles. The first-order chi connectivity index (χ1) is 9.63. The third-order valence-corrected chi connectivity index (χ3v) is 5.99. The van der Waals surface area contributed by atoms with Crippen molar-refractivity contribution in [2.75, 3.05) is 24.4 Å². The number of aromatic nitrogens is 2. The van der Waals surface area contributed by atoms with E-state index in [4.69, 9.17) is 0 Å². The van der Waals surface area contributed by atoms with Gasteiger partial charge in [-0.1, -0.05) is 11.3 Å². The predicted octanol–water partition coefficient (Wildman–Crippen LogP) is 0.659. The first kappa shape index (κ1) is 14.2. The van der Waals surface area contributed by atoms with Crippen molar-refractivity contribution < 1.29 is 8.42 Å². The molecule has 0 radical (unpaired) electrons. The smallest absolute Gasteiger partial charge is 0.303 e. The molecule has 0 unspecified atom stereocenters. The van der Waals surface area contributed by atoms with Crippen LogP contribution >= 0.6 is 11.3 Å². The van der Waals surface area contributed by atoms with Crippen LogP contribution in [0.4, 0.5) is 5.13 Å². The molecule has 0 atom stereocenters. The van der Waals surface area contributed by atoms with Gasteiger partial charge in [-0.15, -0.1) is 10.2 Å². The third-order valence-electron chi connectivity index (χ3n) is 3.76. The second kappa shape index (κ2) is 5.92. The molecule has 0 spiro atoms. The standard InChI is InChI=1S/C11H19N5O2S2/c17-20(18,15-11-14-13-8-19-11)16-5-3-9(4-6-16)7-12-10-1-2-10/h8-10,12H,1-7H2,(H,14,15). The van der Waals surface area contributed by atoms with Crippen molar-refractivity contribution in [3.63, 3.8) is 0 Å². The molecule has 20 heavy (non-hydrogen) atoms. The summed E-state index contributed by atoms with van der Waals surface area (Å²) in [5.41, 5.74) is 1.51. The highest BCUT2D eigenvalue weighted by Crippen LogP contribution is 2.23. The molecule has 1 aliphatic heterocycles. The molecule has 1 saturated carbocycles. The molecular weight excluding hydrogens is 298 g/mol. The van der Waals surface area contributed by atoms with E-state index in [0.29, 0.717) is 24.1 Å². The summed E-state index contributed by atoms with van der Waals surface area (Å²) in [4.78, 5) is 0. The van der Waals surface area contributed by atoms with Crippen LogP contribution in [0.1, 0.15) is 25.7 Å². The van der Waals surface area contributed by atoms with Crippen molar-refractivity contribution in [2.45, 2.75) is 31.7 Å². The number of piperidine rings is 1. The van der Waals surface area contributed by atoms with Gasteiger partial charge in [-0.3, -0.25) is 0 Å². The second-order valence-electron chi connectivity index (χ2n) is 5.38. The Morgan fingerprint density at radius 1 is 1.30 bits per heavy atom. The fourth-order valence-electron chi connectivity index (χ4n) is 2.37. The van der Waals surface area contributed by atoms with E-state index in [1.165, 1.54) is 34.0 Å². The largest absolute Gasteiger partial charge is 0.314 e. The molecule has 2 fully saturated rings. The van der Waals surface area contributed by atoms with Crippen molar-refractivity contribution in [1.29, 1.82) is 0 Å². The molecule has 3 rings (SSSR count). The van der Waals surface area contributed by atoms with Gasteiger partial charge in [0.2, 0.25) is 5.13 Å². The maximum Gasteiger partial charge on any atom is 0.303 e. The van der Waals surface area contributed by atoms with Gasteiger partial charge < -0.3 is 5.32 Å². The van der Waals surface area contributed by atoms with E-state index < -0.39 is 10.2 Å². The van der Waals surface area contributed by atoms with Crippen molar-refractivity contribution in [2.24, 2.45) is 5.92 Å². The van der Waals surface area contributed by atoms with Crippen LogP contribution in [-0.2, 0) is 10.2 Å². The van der Waals surface area contributed by atoms with Crippen LogP contribution in [0.15, 0.2) is 5.51 Å². The van der Waals surface area contributed by atoms with Gasteiger partial charge in [0.1, 0.15) is 5.51 Å². The number of hydrogen-bond donors (Lipinski definition) is 2. The van der Waals surface area contributed by atoms with Crippen LogP contribution in [0.2, 0.25) is 0 Å². The Morgan fingerprint density at radius 2 is 2.05 bits per heavy atom. The molecule has 0 amide bonds. The minimum Gasteiger partial charge on any atom is -0.314 e. The lowest BCUT2D eigenvalue weighted by Crippen LogP contribution is -2.43. The van der Waals surface area contributed by atoms with Crippen molar-refractivity contribution >= 4 is 26.7 Å². The Labute approximate surface area is 123 Å². The van der Waals surface area contributed by atoms with E-state index in [0.717, 1.165) is 25.4 Å². The zero-order valence-electron chi connectivity index (χ0n) is 11.2. The first-order valence-corrected chi connectivity index (χ1v) is 9.23. The Hall–Kier alpha value is -0.770. The minimum absolute atomic E-state index is 0.322. The van der Waals surface area contributed by atoms with Crippen molar-refractivity contribution in [3.05, 3.63) is 5.51 Å². The van der Waals surface area contributed by atoms with Crippen LogP contribution in [0.25, 0.3) is 0 Å². The monoisotopic (exact) mass is 317 g/mol. The van der Waals surface area contributed by atoms with Crippen LogP contribution in [-0.4, -0.2) is 48.6 Å². The van der Waals surface area contributed by atoms with Crippen molar-refractivity contribution in [1.82, 2.24) is 19.8 Å². The lowest BCUT2D eigenvalue weighted by atomic mass is 9.98. The summed E-state index contributed by atoms with van der Waals surface area (Å²) in [5, 5.41) is 11.2. The Balaban J connectivity index is 1.48. The summed E-state index contributed by atoms with van der Waals surface area (Å²) in [7, 11) is -3.48. The molecule has 0 aromatic carbocycles. The highest BCUT2D eigenvalue weighted by atomic mass is 32.2. The van der Waals surface area contributed by atoms with Gasteiger partial charge in [-0.05, 0) is 38.1 Å². The normalized spacial score (nSPS) is 22.0. The topological polar surface area (TPSA) is 87.2 Å². The number of hydrogen-bond acceptors (Lipinski definition) is 6. The SMILES string of the molecule is O=S(=O)(Nc1nncs1)N1CCC(CNC2CC2)CC1. The van der Waals surface area contributed by atoms with Crippen LogP contribution in [0.3, 0.4) is 0 Å². The predicted molar refractivity (Wildman–Crippen MR) is 77.8 cm³/mol. The van der Waals surface area contributed by atoms with Gasteiger partial charge in [0, 0.05) is 19.1 Å². The molecule has 2 aliphatic rings. The zero-order valence-corrected chi connectivity index (χ0v) is 12.8. The molecule has 1 aliphatic carbocycles. The molecule has 112 valence electrons. The lowest BCUT2D eigenvalue weighted by Gasteiger charge is -2.31.